The van der Waals surface area contributed by atoms with E-state index in [1.165, 1.54) is 17.0 Å². The van der Waals surface area contributed by atoms with E-state index in [9.17, 15) is 18.8 Å². The van der Waals surface area contributed by atoms with E-state index in [1.54, 1.807) is 48.4 Å². The number of ether oxygens (including phenoxy) is 1. The third kappa shape index (κ3) is 3.66. The third-order valence-corrected chi connectivity index (χ3v) is 5.60. The molecule has 2 saturated heterocycles. The molecule has 0 aliphatic carbocycles. The average Bonchev–Trinajstić information content (AvgIpc) is 3.07. The van der Waals surface area contributed by atoms with Crippen molar-refractivity contribution in [1.29, 1.82) is 0 Å². The average molecular weight is 411 g/mol. The fourth-order valence-electron chi connectivity index (χ4n) is 3.95. The lowest BCUT2D eigenvalue weighted by molar-refractivity contribution is -0.123. The van der Waals surface area contributed by atoms with Gasteiger partial charge in [-0.25, -0.2) is 9.29 Å². The maximum Gasteiger partial charge on any atom is 0.256 e. The molecule has 0 bridgehead atoms. The van der Waals surface area contributed by atoms with Crippen LogP contribution in [0.25, 0.3) is 0 Å². The number of halogens is 1. The highest BCUT2D eigenvalue weighted by molar-refractivity contribution is 6.22. The van der Waals surface area contributed by atoms with Gasteiger partial charge in [-0.1, -0.05) is 12.1 Å². The van der Waals surface area contributed by atoms with Gasteiger partial charge in [0.15, 0.2) is 0 Å². The largest absolute Gasteiger partial charge is 0.497 e. The molecular weight excluding hydrogens is 389 g/mol. The Kier molecular flexibility index (Phi) is 5.50. The Balaban J connectivity index is 1.41. The van der Waals surface area contributed by atoms with Gasteiger partial charge in [-0.05, 0) is 36.4 Å². The zero-order chi connectivity index (χ0) is 21.3. The molecule has 2 aliphatic rings. The number of rotatable bonds is 4. The zero-order valence-electron chi connectivity index (χ0n) is 16.6. The minimum atomic E-state index is -0.551. The lowest BCUT2D eigenvalue weighted by Gasteiger charge is -2.37. The highest BCUT2D eigenvalue weighted by atomic mass is 19.1. The van der Waals surface area contributed by atoms with Gasteiger partial charge in [-0.15, -0.1) is 0 Å². The second kappa shape index (κ2) is 8.23. The number of anilines is 1. The van der Waals surface area contributed by atoms with Crippen molar-refractivity contribution in [2.24, 2.45) is 0 Å². The lowest BCUT2D eigenvalue weighted by Crippen LogP contribution is -2.54. The second-order valence-corrected chi connectivity index (χ2v) is 7.29. The van der Waals surface area contributed by atoms with E-state index in [4.69, 9.17) is 4.74 Å². The number of carbonyl (C=O) groups excluding carboxylic acids is 3. The summed E-state index contributed by atoms with van der Waals surface area (Å²) in [5.41, 5.74) is 0.561. The Bertz CT molecular complexity index is 971. The van der Waals surface area contributed by atoms with E-state index in [0.29, 0.717) is 37.6 Å². The third-order valence-electron chi connectivity index (χ3n) is 5.60. The van der Waals surface area contributed by atoms with Crippen molar-refractivity contribution in [2.75, 3.05) is 38.2 Å². The lowest BCUT2D eigenvalue weighted by atomic mass is 10.1. The molecule has 0 spiro atoms. The van der Waals surface area contributed by atoms with Crippen molar-refractivity contribution in [3.8, 4) is 5.75 Å². The van der Waals surface area contributed by atoms with Crippen LogP contribution in [0.5, 0.6) is 5.75 Å². The van der Waals surface area contributed by atoms with E-state index >= 15 is 0 Å². The molecule has 0 radical (unpaired) electrons. The van der Waals surface area contributed by atoms with Crippen LogP contribution in [0.3, 0.4) is 0 Å². The quantitative estimate of drug-likeness (QED) is 0.719. The zero-order valence-corrected chi connectivity index (χ0v) is 16.6. The first-order valence-corrected chi connectivity index (χ1v) is 9.78. The molecule has 156 valence electrons. The number of benzene rings is 2. The van der Waals surface area contributed by atoms with E-state index in [1.807, 2.05) is 4.90 Å². The molecule has 4 rings (SSSR count). The van der Waals surface area contributed by atoms with E-state index in [2.05, 4.69) is 0 Å². The Labute approximate surface area is 173 Å². The summed E-state index contributed by atoms with van der Waals surface area (Å²) in [4.78, 5) is 42.8. The van der Waals surface area contributed by atoms with E-state index < -0.39 is 11.9 Å². The van der Waals surface area contributed by atoms with Crippen LogP contribution in [-0.2, 0) is 9.59 Å². The van der Waals surface area contributed by atoms with Crippen molar-refractivity contribution >= 4 is 23.4 Å². The molecule has 0 N–H and O–H groups in total. The van der Waals surface area contributed by atoms with Crippen molar-refractivity contribution in [1.82, 2.24) is 9.80 Å². The summed E-state index contributed by atoms with van der Waals surface area (Å²) in [6.07, 6.45) is 0.103. The van der Waals surface area contributed by atoms with Crippen LogP contribution in [0, 0.1) is 5.82 Å². The molecule has 2 aromatic rings. The van der Waals surface area contributed by atoms with Crippen molar-refractivity contribution < 1.29 is 23.5 Å². The predicted octanol–water partition coefficient (Wildman–Crippen LogP) is 1.92. The molecule has 2 aliphatic heterocycles. The van der Waals surface area contributed by atoms with Crippen LogP contribution in [0.15, 0.2) is 48.5 Å². The molecule has 1 atom stereocenters. The standard InChI is InChI=1S/C22H22FN3O4/c1-30-16-8-6-15(7-9-16)26-20(27)14-19(22(26)29)24-10-12-25(13-11-24)21(28)17-4-2-3-5-18(17)23/h2-9,19H,10-14H2,1H3/t19-/m1/s1. The molecule has 2 fully saturated rings. The summed E-state index contributed by atoms with van der Waals surface area (Å²) in [6, 6.07) is 12.1. The van der Waals surface area contributed by atoms with E-state index in [-0.39, 0.29) is 29.7 Å². The van der Waals surface area contributed by atoms with Gasteiger partial charge in [0.2, 0.25) is 5.91 Å². The summed E-state index contributed by atoms with van der Waals surface area (Å²) in [5.74, 6) is -0.776. The molecular formula is C22H22FN3O4. The summed E-state index contributed by atoms with van der Waals surface area (Å²) in [7, 11) is 1.55. The number of hydrogen-bond donors (Lipinski definition) is 0. The first-order valence-electron chi connectivity index (χ1n) is 9.78. The van der Waals surface area contributed by atoms with E-state index in [0.717, 1.165) is 0 Å². The maximum atomic E-state index is 13.9. The van der Waals surface area contributed by atoms with Gasteiger partial charge in [0.05, 0.1) is 30.8 Å². The van der Waals surface area contributed by atoms with Crippen LogP contribution in [-0.4, -0.2) is 66.9 Å². The molecule has 30 heavy (non-hydrogen) atoms. The summed E-state index contributed by atoms with van der Waals surface area (Å²) in [5, 5.41) is 0. The van der Waals surface area contributed by atoms with Crippen LogP contribution >= 0.6 is 0 Å². The summed E-state index contributed by atoms with van der Waals surface area (Å²) >= 11 is 0. The number of piperazine rings is 1. The minimum Gasteiger partial charge on any atom is -0.497 e. The Morgan fingerprint density at radius 3 is 2.30 bits per heavy atom. The van der Waals surface area contributed by atoms with Gasteiger partial charge in [-0.3, -0.25) is 19.3 Å². The highest BCUT2D eigenvalue weighted by Gasteiger charge is 2.43. The van der Waals surface area contributed by atoms with Crippen LogP contribution in [0.1, 0.15) is 16.8 Å². The Hall–Kier alpha value is -3.26. The first-order chi connectivity index (χ1) is 14.5. The van der Waals surface area contributed by atoms with Gasteiger partial charge in [0.1, 0.15) is 11.6 Å². The number of amides is 3. The van der Waals surface area contributed by atoms with Crippen molar-refractivity contribution in [3.05, 3.63) is 59.9 Å². The molecule has 2 heterocycles. The van der Waals surface area contributed by atoms with Gasteiger partial charge in [0.25, 0.3) is 11.8 Å². The molecule has 0 unspecified atom stereocenters. The van der Waals surface area contributed by atoms with Gasteiger partial charge in [0, 0.05) is 26.2 Å². The van der Waals surface area contributed by atoms with Crippen molar-refractivity contribution in [3.63, 3.8) is 0 Å². The number of carbonyl (C=O) groups is 3. The molecule has 3 amide bonds. The Morgan fingerprint density at radius 1 is 1.00 bits per heavy atom. The first kappa shape index (κ1) is 20.0. The van der Waals surface area contributed by atoms with Gasteiger partial charge in [-0.2, -0.15) is 0 Å². The second-order valence-electron chi connectivity index (χ2n) is 7.29. The highest BCUT2D eigenvalue weighted by Crippen LogP contribution is 2.28. The predicted molar refractivity (Wildman–Crippen MR) is 108 cm³/mol. The molecule has 0 aromatic heterocycles. The monoisotopic (exact) mass is 411 g/mol. The molecule has 0 saturated carbocycles. The van der Waals surface area contributed by atoms with Crippen molar-refractivity contribution in [2.45, 2.75) is 12.5 Å². The number of imide groups is 1. The summed E-state index contributed by atoms with van der Waals surface area (Å²) in [6.45, 7) is 1.63. The Morgan fingerprint density at radius 2 is 1.67 bits per heavy atom. The van der Waals surface area contributed by atoms with Crippen LogP contribution in [0.4, 0.5) is 10.1 Å². The minimum absolute atomic E-state index is 0.0451. The normalized spacial score (nSPS) is 20.0. The number of hydrogen-bond acceptors (Lipinski definition) is 5. The SMILES string of the molecule is COc1ccc(N2C(=O)C[C@@H](N3CCN(C(=O)c4ccccc4F)CC3)C2=O)cc1. The summed E-state index contributed by atoms with van der Waals surface area (Å²) < 4.78 is 19.0. The van der Waals surface area contributed by atoms with Crippen LogP contribution < -0.4 is 9.64 Å². The molecule has 7 nitrogen and oxygen atoms in total. The molecule has 2 aromatic carbocycles. The fraction of sp³-hybridized carbons (Fsp3) is 0.318. The molecule has 8 heteroatoms. The van der Waals surface area contributed by atoms with Gasteiger partial charge >= 0.3 is 0 Å². The number of nitrogens with zero attached hydrogens (tertiary/aromatic N) is 3. The fourth-order valence-corrected chi connectivity index (χ4v) is 3.95. The topological polar surface area (TPSA) is 70.2 Å². The van der Waals surface area contributed by atoms with Gasteiger partial charge < -0.3 is 9.64 Å². The van der Waals surface area contributed by atoms with Crippen LogP contribution in [0.2, 0.25) is 0 Å². The smallest absolute Gasteiger partial charge is 0.256 e. The number of methoxy groups -OCH3 is 1. The maximum absolute atomic E-state index is 13.9.